The molecule has 0 unspecified atom stereocenters. The Balaban J connectivity index is 1.87. The number of benzene rings is 1. The van der Waals surface area contributed by atoms with E-state index in [2.05, 4.69) is 5.32 Å². The van der Waals surface area contributed by atoms with E-state index in [1.807, 2.05) is 22.9 Å². The van der Waals surface area contributed by atoms with Crippen molar-refractivity contribution < 1.29 is 8.42 Å². The van der Waals surface area contributed by atoms with Gasteiger partial charge < -0.3 is 5.32 Å². The Morgan fingerprint density at radius 3 is 2.95 bits per heavy atom. The first kappa shape index (κ1) is 14.6. The van der Waals surface area contributed by atoms with Gasteiger partial charge in [0, 0.05) is 25.8 Å². The molecule has 0 fully saturated rings. The SMILES string of the molecule is CN(Cc1ccsc1)S(=O)(=O)c1ccc2c(c1)NCCC2. The molecule has 6 heteroatoms. The number of hydrogen-bond acceptors (Lipinski definition) is 4. The van der Waals surface area contributed by atoms with Gasteiger partial charge in [-0.25, -0.2) is 8.42 Å². The van der Waals surface area contributed by atoms with Crippen molar-refractivity contribution in [3.05, 3.63) is 46.2 Å². The molecule has 0 spiro atoms. The van der Waals surface area contributed by atoms with E-state index in [1.165, 1.54) is 9.87 Å². The zero-order valence-corrected chi connectivity index (χ0v) is 13.5. The summed E-state index contributed by atoms with van der Waals surface area (Å²) in [6.07, 6.45) is 2.10. The first-order chi connectivity index (χ1) is 10.1. The number of nitrogens with zero attached hydrogens (tertiary/aromatic N) is 1. The number of aryl methyl sites for hydroxylation is 1. The second kappa shape index (κ2) is 5.79. The van der Waals surface area contributed by atoms with Gasteiger partial charge in [0.25, 0.3) is 0 Å². The molecule has 0 bridgehead atoms. The van der Waals surface area contributed by atoms with Crippen LogP contribution in [0.1, 0.15) is 17.5 Å². The third-order valence-corrected chi connectivity index (χ3v) is 6.24. The second-order valence-electron chi connectivity index (χ2n) is 5.24. The van der Waals surface area contributed by atoms with Gasteiger partial charge in [0.1, 0.15) is 0 Å². The van der Waals surface area contributed by atoms with Crippen LogP contribution in [0.4, 0.5) is 5.69 Å². The molecule has 2 aromatic rings. The molecule has 1 aromatic carbocycles. The minimum absolute atomic E-state index is 0.355. The Bertz CT molecular complexity index is 724. The highest BCUT2D eigenvalue weighted by Gasteiger charge is 2.22. The molecule has 1 aromatic heterocycles. The van der Waals surface area contributed by atoms with Crippen molar-refractivity contribution in [3.63, 3.8) is 0 Å². The minimum Gasteiger partial charge on any atom is -0.385 e. The Labute approximate surface area is 129 Å². The number of fused-ring (bicyclic) bond motifs is 1. The number of rotatable bonds is 4. The second-order valence-corrected chi connectivity index (χ2v) is 8.07. The molecule has 0 amide bonds. The first-order valence-electron chi connectivity index (χ1n) is 6.91. The van der Waals surface area contributed by atoms with E-state index >= 15 is 0 Å². The molecule has 0 saturated heterocycles. The quantitative estimate of drug-likeness (QED) is 0.941. The van der Waals surface area contributed by atoms with E-state index in [-0.39, 0.29) is 0 Å². The van der Waals surface area contributed by atoms with Crippen LogP contribution in [0.5, 0.6) is 0 Å². The Kier molecular flexibility index (Phi) is 4.01. The van der Waals surface area contributed by atoms with Crippen molar-refractivity contribution in [1.82, 2.24) is 4.31 Å². The summed E-state index contributed by atoms with van der Waals surface area (Å²) < 4.78 is 26.7. The summed E-state index contributed by atoms with van der Waals surface area (Å²) in [5.41, 5.74) is 3.16. The fourth-order valence-corrected chi connectivity index (χ4v) is 4.35. The van der Waals surface area contributed by atoms with E-state index in [1.54, 1.807) is 30.5 Å². The highest BCUT2D eigenvalue weighted by atomic mass is 32.2. The third-order valence-electron chi connectivity index (χ3n) is 3.71. The molecule has 1 aliphatic rings. The molecule has 1 aliphatic heterocycles. The van der Waals surface area contributed by atoms with Gasteiger partial charge in [-0.1, -0.05) is 6.07 Å². The van der Waals surface area contributed by atoms with Crippen LogP contribution >= 0.6 is 11.3 Å². The molecule has 0 radical (unpaired) electrons. The van der Waals surface area contributed by atoms with Crippen LogP contribution in [0.25, 0.3) is 0 Å². The van der Waals surface area contributed by atoms with Gasteiger partial charge in [-0.05, 0) is 52.9 Å². The third kappa shape index (κ3) is 2.97. The molecule has 112 valence electrons. The predicted octanol–water partition coefficient (Wildman–Crippen LogP) is 2.93. The lowest BCUT2D eigenvalue weighted by atomic mass is 10.0. The van der Waals surface area contributed by atoms with Crippen molar-refractivity contribution in [3.8, 4) is 0 Å². The van der Waals surface area contributed by atoms with Crippen LogP contribution in [-0.2, 0) is 23.0 Å². The topological polar surface area (TPSA) is 49.4 Å². The van der Waals surface area contributed by atoms with Crippen molar-refractivity contribution in [1.29, 1.82) is 0 Å². The smallest absolute Gasteiger partial charge is 0.243 e. The fourth-order valence-electron chi connectivity index (χ4n) is 2.51. The first-order valence-corrected chi connectivity index (χ1v) is 9.30. The van der Waals surface area contributed by atoms with E-state index in [9.17, 15) is 8.42 Å². The van der Waals surface area contributed by atoms with Gasteiger partial charge in [0.05, 0.1) is 4.90 Å². The van der Waals surface area contributed by atoms with Gasteiger partial charge in [0.2, 0.25) is 10.0 Å². The molecular weight excluding hydrogens is 304 g/mol. The van der Waals surface area contributed by atoms with E-state index in [4.69, 9.17) is 0 Å². The Hall–Kier alpha value is -1.37. The van der Waals surface area contributed by atoms with Gasteiger partial charge in [-0.2, -0.15) is 15.6 Å². The van der Waals surface area contributed by atoms with E-state index in [0.29, 0.717) is 11.4 Å². The summed E-state index contributed by atoms with van der Waals surface area (Å²) in [5, 5.41) is 7.21. The summed E-state index contributed by atoms with van der Waals surface area (Å²) in [6, 6.07) is 7.34. The van der Waals surface area contributed by atoms with Crippen LogP contribution in [-0.4, -0.2) is 26.3 Å². The van der Waals surface area contributed by atoms with Gasteiger partial charge in [-0.3, -0.25) is 0 Å². The monoisotopic (exact) mass is 322 g/mol. The van der Waals surface area contributed by atoms with Gasteiger partial charge >= 0.3 is 0 Å². The lowest BCUT2D eigenvalue weighted by Gasteiger charge is -2.21. The van der Waals surface area contributed by atoms with Crippen LogP contribution in [0.15, 0.2) is 39.9 Å². The highest BCUT2D eigenvalue weighted by Crippen LogP contribution is 2.27. The van der Waals surface area contributed by atoms with Crippen LogP contribution in [0.3, 0.4) is 0 Å². The van der Waals surface area contributed by atoms with E-state index < -0.39 is 10.0 Å². The molecule has 0 saturated carbocycles. The van der Waals surface area contributed by atoms with Gasteiger partial charge in [-0.15, -0.1) is 0 Å². The Morgan fingerprint density at radius 2 is 2.19 bits per heavy atom. The largest absolute Gasteiger partial charge is 0.385 e. The zero-order valence-electron chi connectivity index (χ0n) is 11.9. The lowest BCUT2D eigenvalue weighted by molar-refractivity contribution is 0.467. The average molecular weight is 322 g/mol. The van der Waals surface area contributed by atoms with Crippen molar-refractivity contribution in [2.24, 2.45) is 0 Å². The summed E-state index contributed by atoms with van der Waals surface area (Å²) in [5.74, 6) is 0. The lowest BCUT2D eigenvalue weighted by Crippen LogP contribution is -2.26. The minimum atomic E-state index is -3.45. The Morgan fingerprint density at radius 1 is 1.33 bits per heavy atom. The molecule has 4 nitrogen and oxygen atoms in total. The number of hydrogen-bond donors (Lipinski definition) is 1. The number of nitrogens with one attached hydrogen (secondary N) is 1. The highest BCUT2D eigenvalue weighted by molar-refractivity contribution is 7.89. The summed E-state index contributed by atoms with van der Waals surface area (Å²) in [7, 11) is -1.83. The predicted molar refractivity (Wildman–Crippen MR) is 86.2 cm³/mol. The average Bonchev–Trinajstić information content (AvgIpc) is 2.99. The maximum absolute atomic E-state index is 12.6. The number of thiophene rings is 1. The molecule has 0 atom stereocenters. The van der Waals surface area contributed by atoms with Crippen LogP contribution < -0.4 is 5.32 Å². The van der Waals surface area contributed by atoms with Crippen LogP contribution in [0, 0.1) is 0 Å². The van der Waals surface area contributed by atoms with Crippen molar-refractivity contribution in [2.45, 2.75) is 24.3 Å². The zero-order chi connectivity index (χ0) is 14.9. The molecule has 0 aliphatic carbocycles. The van der Waals surface area contributed by atoms with Crippen molar-refractivity contribution in [2.75, 3.05) is 18.9 Å². The van der Waals surface area contributed by atoms with E-state index in [0.717, 1.165) is 30.6 Å². The number of sulfonamides is 1. The molecule has 2 heterocycles. The standard InChI is InChI=1S/C15H18N2O2S2/c1-17(10-12-6-8-20-11-12)21(18,19)14-5-4-13-3-2-7-16-15(13)9-14/h4-6,8-9,11,16H,2-3,7,10H2,1H3. The van der Waals surface area contributed by atoms with Gasteiger partial charge in [0.15, 0.2) is 0 Å². The summed E-state index contributed by atoms with van der Waals surface area (Å²) in [4.78, 5) is 0.355. The molecule has 1 N–H and O–H groups in total. The summed E-state index contributed by atoms with van der Waals surface area (Å²) >= 11 is 1.58. The maximum atomic E-state index is 12.6. The number of anilines is 1. The fraction of sp³-hybridized carbons (Fsp3) is 0.333. The summed E-state index contributed by atoms with van der Waals surface area (Å²) in [6.45, 7) is 1.30. The molecule has 3 rings (SSSR count). The van der Waals surface area contributed by atoms with Crippen molar-refractivity contribution >= 4 is 27.0 Å². The van der Waals surface area contributed by atoms with Crippen LogP contribution in [0.2, 0.25) is 0 Å². The molecule has 21 heavy (non-hydrogen) atoms. The maximum Gasteiger partial charge on any atom is 0.243 e. The normalized spacial score (nSPS) is 14.8. The molecular formula is C15H18N2O2S2.